The van der Waals surface area contributed by atoms with Crippen molar-refractivity contribution < 1.29 is 14.3 Å². The van der Waals surface area contributed by atoms with Gasteiger partial charge in [0.15, 0.2) is 0 Å². The largest absolute Gasteiger partial charge is 0.444 e. The smallest absolute Gasteiger partial charge is 0.410 e. The van der Waals surface area contributed by atoms with E-state index in [2.05, 4.69) is 15.6 Å². The van der Waals surface area contributed by atoms with Gasteiger partial charge in [-0.05, 0) is 39.8 Å². The van der Waals surface area contributed by atoms with Crippen molar-refractivity contribution in [1.82, 2.24) is 15.2 Å². The van der Waals surface area contributed by atoms with Gasteiger partial charge < -0.3 is 20.3 Å². The molecule has 0 aliphatic rings. The van der Waals surface area contributed by atoms with E-state index >= 15 is 0 Å². The molecule has 26 heavy (non-hydrogen) atoms. The van der Waals surface area contributed by atoms with Crippen molar-refractivity contribution in [2.45, 2.75) is 33.3 Å². The Kier molecular flexibility index (Phi) is 6.38. The van der Waals surface area contributed by atoms with Crippen molar-refractivity contribution >= 4 is 28.7 Å². The average Bonchev–Trinajstić information content (AvgIpc) is 2.57. The molecule has 0 saturated heterocycles. The number of urea groups is 1. The second-order valence-corrected chi connectivity index (χ2v) is 6.82. The van der Waals surface area contributed by atoms with E-state index in [1.54, 1.807) is 17.2 Å². The number of rotatable bonds is 5. The zero-order valence-electron chi connectivity index (χ0n) is 15.7. The van der Waals surface area contributed by atoms with Gasteiger partial charge in [-0.15, -0.1) is 0 Å². The maximum atomic E-state index is 12.1. The molecule has 0 radical (unpaired) electrons. The number of nitrogens with zero attached hydrogens (tertiary/aromatic N) is 2. The van der Waals surface area contributed by atoms with E-state index in [0.717, 1.165) is 10.9 Å². The van der Waals surface area contributed by atoms with Gasteiger partial charge >= 0.3 is 12.1 Å². The van der Waals surface area contributed by atoms with Crippen LogP contribution in [-0.2, 0) is 4.74 Å². The second kappa shape index (κ2) is 8.51. The SMILES string of the molecule is CCN(CCNC(=O)Nc1cccc2cccnc12)C(=O)OC(C)(C)C. The number of para-hydroxylation sites is 1. The Morgan fingerprint density at radius 2 is 1.92 bits per heavy atom. The minimum atomic E-state index is -0.545. The first-order chi connectivity index (χ1) is 12.3. The number of pyridine rings is 1. The minimum absolute atomic E-state index is 0.317. The first-order valence-electron chi connectivity index (χ1n) is 8.66. The fourth-order valence-corrected chi connectivity index (χ4v) is 2.38. The van der Waals surface area contributed by atoms with Gasteiger partial charge in [0, 0.05) is 31.2 Å². The molecule has 7 nitrogen and oxygen atoms in total. The second-order valence-electron chi connectivity index (χ2n) is 6.82. The first kappa shape index (κ1) is 19.5. The Hall–Kier alpha value is -2.83. The Bertz CT molecular complexity index is 765. The van der Waals surface area contributed by atoms with E-state index in [-0.39, 0.29) is 12.1 Å². The molecule has 0 unspecified atom stereocenters. The highest BCUT2D eigenvalue weighted by Crippen LogP contribution is 2.20. The van der Waals surface area contributed by atoms with Crippen molar-refractivity contribution in [3.63, 3.8) is 0 Å². The normalized spacial score (nSPS) is 11.1. The van der Waals surface area contributed by atoms with Crippen LogP contribution in [0.15, 0.2) is 36.5 Å². The number of likely N-dealkylation sites (N-methyl/N-ethyl adjacent to an activating group) is 1. The maximum absolute atomic E-state index is 12.1. The molecule has 2 N–H and O–H groups in total. The van der Waals surface area contributed by atoms with Gasteiger partial charge in [-0.3, -0.25) is 4.98 Å². The van der Waals surface area contributed by atoms with Crippen molar-refractivity contribution in [1.29, 1.82) is 0 Å². The number of hydrogen-bond acceptors (Lipinski definition) is 4. The van der Waals surface area contributed by atoms with Crippen LogP contribution in [0.2, 0.25) is 0 Å². The summed E-state index contributed by atoms with van der Waals surface area (Å²) in [5.74, 6) is 0. The topological polar surface area (TPSA) is 83.6 Å². The number of fused-ring (bicyclic) bond motifs is 1. The van der Waals surface area contributed by atoms with E-state index in [1.165, 1.54) is 0 Å². The molecule has 7 heteroatoms. The molecule has 0 fully saturated rings. The molecule has 0 aliphatic carbocycles. The number of amides is 3. The lowest BCUT2D eigenvalue weighted by Gasteiger charge is -2.26. The molecule has 140 valence electrons. The molecule has 2 aromatic rings. The minimum Gasteiger partial charge on any atom is -0.444 e. The summed E-state index contributed by atoms with van der Waals surface area (Å²) in [4.78, 5) is 30.1. The summed E-state index contributed by atoms with van der Waals surface area (Å²) in [5, 5.41) is 6.50. The molecular formula is C19H26N4O3. The van der Waals surface area contributed by atoms with Gasteiger partial charge in [0.25, 0.3) is 0 Å². The van der Waals surface area contributed by atoms with Crippen LogP contribution >= 0.6 is 0 Å². The molecule has 1 aromatic heterocycles. The fraction of sp³-hybridized carbons (Fsp3) is 0.421. The maximum Gasteiger partial charge on any atom is 0.410 e. The number of hydrogen-bond donors (Lipinski definition) is 2. The lowest BCUT2D eigenvalue weighted by Crippen LogP contribution is -2.42. The zero-order chi connectivity index (χ0) is 19.2. The van der Waals surface area contributed by atoms with Gasteiger partial charge in [-0.2, -0.15) is 0 Å². The third-order valence-electron chi connectivity index (χ3n) is 3.58. The monoisotopic (exact) mass is 358 g/mol. The number of anilines is 1. The van der Waals surface area contributed by atoms with Crippen LogP contribution in [0.25, 0.3) is 10.9 Å². The molecule has 1 aromatic carbocycles. The van der Waals surface area contributed by atoms with Crippen LogP contribution in [0.4, 0.5) is 15.3 Å². The number of ether oxygens (including phenoxy) is 1. The Morgan fingerprint density at radius 3 is 2.62 bits per heavy atom. The van der Waals surface area contributed by atoms with Crippen LogP contribution < -0.4 is 10.6 Å². The summed E-state index contributed by atoms with van der Waals surface area (Å²) in [6.07, 6.45) is 1.30. The van der Waals surface area contributed by atoms with Crippen molar-refractivity contribution in [2.24, 2.45) is 0 Å². The van der Waals surface area contributed by atoms with E-state index in [4.69, 9.17) is 4.74 Å². The molecule has 3 amide bonds. The van der Waals surface area contributed by atoms with E-state index < -0.39 is 5.60 Å². The highest BCUT2D eigenvalue weighted by Gasteiger charge is 2.20. The fourth-order valence-electron chi connectivity index (χ4n) is 2.38. The highest BCUT2D eigenvalue weighted by molar-refractivity contribution is 5.99. The number of benzene rings is 1. The molecule has 0 bridgehead atoms. The van der Waals surface area contributed by atoms with Gasteiger partial charge in [0.1, 0.15) is 5.60 Å². The van der Waals surface area contributed by atoms with Crippen molar-refractivity contribution in [3.8, 4) is 0 Å². The van der Waals surface area contributed by atoms with E-state index in [9.17, 15) is 9.59 Å². The number of carbonyl (C=O) groups is 2. The molecule has 0 atom stereocenters. The predicted octanol–water partition coefficient (Wildman–Crippen LogP) is 3.61. The first-order valence-corrected chi connectivity index (χ1v) is 8.66. The van der Waals surface area contributed by atoms with Gasteiger partial charge in [0.2, 0.25) is 0 Å². The molecule has 0 spiro atoms. The summed E-state index contributed by atoms with van der Waals surface area (Å²) < 4.78 is 5.34. The lowest BCUT2D eigenvalue weighted by molar-refractivity contribution is 0.0263. The third-order valence-corrected chi connectivity index (χ3v) is 3.58. The van der Waals surface area contributed by atoms with Crippen molar-refractivity contribution in [3.05, 3.63) is 36.5 Å². The Balaban J connectivity index is 1.87. The quantitative estimate of drug-likeness (QED) is 0.855. The number of aromatic nitrogens is 1. The standard InChI is InChI=1S/C19H26N4O3/c1-5-23(18(25)26-19(2,3)4)13-12-21-17(24)22-15-10-6-8-14-9-7-11-20-16(14)15/h6-11H,5,12-13H2,1-4H3,(H2,21,22,24). The lowest BCUT2D eigenvalue weighted by atomic mass is 10.2. The van der Waals surface area contributed by atoms with Crippen LogP contribution in [0.1, 0.15) is 27.7 Å². The Labute approximate surface area is 153 Å². The van der Waals surface area contributed by atoms with E-state index in [0.29, 0.717) is 25.3 Å². The third kappa shape index (κ3) is 5.61. The van der Waals surface area contributed by atoms with Gasteiger partial charge in [-0.1, -0.05) is 18.2 Å². The summed E-state index contributed by atoms with van der Waals surface area (Å²) in [5.41, 5.74) is 0.825. The average molecular weight is 358 g/mol. The van der Waals surface area contributed by atoms with Gasteiger partial charge in [0.05, 0.1) is 11.2 Å². The summed E-state index contributed by atoms with van der Waals surface area (Å²) >= 11 is 0. The van der Waals surface area contributed by atoms with Crippen LogP contribution in [0.5, 0.6) is 0 Å². The zero-order valence-corrected chi connectivity index (χ0v) is 15.7. The van der Waals surface area contributed by atoms with Crippen molar-refractivity contribution in [2.75, 3.05) is 25.0 Å². The Morgan fingerprint density at radius 1 is 1.19 bits per heavy atom. The van der Waals surface area contributed by atoms with E-state index in [1.807, 2.05) is 52.0 Å². The number of nitrogens with one attached hydrogen (secondary N) is 2. The summed E-state index contributed by atoms with van der Waals surface area (Å²) in [6, 6.07) is 9.04. The molecule has 1 heterocycles. The number of carbonyl (C=O) groups excluding carboxylic acids is 2. The molecule has 0 saturated carbocycles. The summed E-state index contributed by atoms with van der Waals surface area (Å²) in [6.45, 7) is 8.52. The van der Waals surface area contributed by atoms with Crippen LogP contribution in [0, 0.1) is 0 Å². The van der Waals surface area contributed by atoms with Crippen LogP contribution in [0.3, 0.4) is 0 Å². The molecule has 2 rings (SSSR count). The molecular weight excluding hydrogens is 332 g/mol. The highest BCUT2D eigenvalue weighted by atomic mass is 16.6. The van der Waals surface area contributed by atoms with Gasteiger partial charge in [-0.25, -0.2) is 9.59 Å². The van der Waals surface area contributed by atoms with Crippen LogP contribution in [-0.4, -0.2) is 47.2 Å². The summed E-state index contributed by atoms with van der Waals surface area (Å²) in [7, 11) is 0. The predicted molar refractivity (Wildman–Crippen MR) is 102 cm³/mol. The molecule has 0 aliphatic heterocycles.